The summed E-state index contributed by atoms with van der Waals surface area (Å²) in [5, 5.41) is 0.611. The monoisotopic (exact) mass is 227 g/mol. The van der Waals surface area contributed by atoms with Gasteiger partial charge in [-0.25, -0.2) is 0 Å². The van der Waals surface area contributed by atoms with Crippen molar-refractivity contribution in [1.29, 1.82) is 0 Å². The molecule has 0 heterocycles. The minimum atomic E-state index is -0.237. The van der Waals surface area contributed by atoms with Crippen LogP contribution in [0.25, 0.3) is 0 Å². The fourth-order valence-electron chi connectivity index (χ4n) is 1.21. The van der Waals surface area contributed by atoms with Crippen molar-refractivity contribution in [3.8, 4) is 5.75 Å². The predicted molar refractivity (Wildman–Crippen MR) is 64.4 cm³/mol. The summed E-state index contributed by atoms with van der Waals surface area (Å²) in [6, 6.07) is 5.66. The molecule has 1 atom stereocenters. The topological polar surface area (TPSA) is 35.2 Å². The number of halogens is 1. The number of nitrogens with two attached hydrogens (primary N) is 1. The van der Waals surface area contributed by atoms with Gasteiger partial charge in [-0.2, -0.15) is 0 Å². The Morgan fingerprint density at radius 1 is 1.33 bits per heavy atom. The third-order valence-corrected chi connectivity index (χ3v) is 2.19. The maximum Gasteiger partial charge on any atom is 0.138 e. The van der Waals surface area contributed by atoms with Gasteiger partial charge in [0.15, 0.2) is 0 Å². The van der Waals surface area contributed by atoms with E-state index in [2.05, 4.69) is 0 Å². The van der Waals surface area contributed by atoms with Crippen molar-refractivity contribution in [3.63, 3.8) is 0 Å². The highest BCUT2D eigenvalue weighted by Crippen LogP contribution is 2.29. The molecule has 15 heavy (non-hydrogen) atoms. The van der Waals surface area contributed by atoms with E-state index >= 15 is 0 Å². The Labute approximate surface area is 96.4 Å². The largest absolute Gasteiger partial charge is 0.487 e. The minimum absolute atomic E-state index is 0.00816. The molecule has 0 fully saturated rings. The third-order valence-electron chi connectivity index (χ3n) is 1.90. The van der Waals surface area contributed by atoms with Crippen molar-refractivity contribution in [2.24, 2.45) is 5.73 Å². The summed E-state index contributed by atoms with van der Waals surface area (Å²) in [4.78, 5) is 0. The van der Waals surface area contributed by atoms with Crippen molar-refractivity contribution in [2.45, 2.75) is 39.3 Å². The smallest absolute Gasteiger partial charge is 0.138 e. The summed E-state index contributed by atoms with van der Waals surface area (Å²) < 4.78 is 5.69. The van der Waals surface area contributed by atoms with Gasteiger partial charge in [0.25, 0.3) is 0 Å². The zero-order chi connectivity index (χ0) is 11.6. The molecule has 0 amide bonds. The third kappa shape index (κ3) is 3.73. The lowest BCUT2D eigenvalue weighted by Gasteiger charge is -2.22. The maximum absolute atomic E-state index is 6.10. The zero-order valence-electron chi connectivity index (χ0n) is 9.67. The fraction of sp³-hybridized carbons (Fsp3) is 0.500. The number of hydrogen-bond acceptors (Lipinski definition) is 2. The molecular formula is C12H18ClNO. The summed E-state index contributed by atoms with van der Waals surface area (Å²) in [6.07, 6.45) is 0. The zero-order valence-corrected chi connectivity index (χ0v) is 10.4. The van der Waals surface area contributed by atoms with Gasteiger partial charge < -0.3 is 10.5 Å². The van der Waals surface area contributed by atoms with Crippen LogP contribution in [0.3, 0.4) is 0 Å². The molecule has 0 radical (unpaired) electrons. The molecule has 0 bridgehead atoms. The van der Waals surface area contributed by atoms with Gasteiger partial charge in [-0.3, -0.25) is 0 Å². The highest BCUT2D eigenvalue weighted by atomic mass is 35.5. The van der Waals surface area contributed by atoms with E-state index in [0.29, 0.717) is 10.8 Å². The summed E-state index contributed by atoms with van der Waals surface area (Å²) >= 11 is 6.10. The van der Waals surface area contributed by atoms with E-state index < -0.39 is 0 Å². The molecule has 84 valence electrons. The maximum atomic E-state index is 6.10. The normalized spacial score (nSPS) is 13.7. The Bertz CT molecular complexity index is 342. The van der Waals surface area contributed by atoms with E-state index in [-0.39, 0.29) is 11.6 Å². The molecule has 0 aliphatic heterocycles. The number of hydrogen-bond donors (Lipinski definition) is 1. The van der Waals surface area contributed by atoms with Crippen molar-refractivity contribution in [2.75, 3.05) is 0 Å². The molecule has 0 saturated carbocycles. The van der Waals surface area contributed by atoms with E-state index in [1.165, 1.54) is 0 Å². The van der Waals surface area contributed by atoms with Crippen LogP contribution < -0.4 is 10.5 Å². The molecule has 0 aliphatic rings. The van der Waals surface area contributed by atoms with Crippen molar-refractivity contribution >= 4 is 11.6 Å². The van der Waals surface area contributed by atoms with Gasteiger partial charge in [0.1, 0.15) is 11.4 Å². The predicted octanol–water partition coefficient (Wildman–Crippen LogP) is 3.54. The molecule has 2 nitrogen and oxygen atoms in total. The quantitative estimate of drug-likeness (QED) is 0.839. The van der Waals surface area contributed by atoms with Crippen LogP contribution in [0, 0.1) is 0 Å². The Balaban J connectivity index is 2.94. The minimum Gasteiger partial charge on any atom is -0.487 e. The van der Waals surface area contributed by atoms with E-state index in [1.807, 2.05) is 45.9 Å². The van der Waals surface area contributed by atoms with Crippen LogP contribution in [0.4, 0.5) is 0 Å². The van der Waals surface area contributed by atoms with Gasteiger partial charge in [0.05, 0.1) is 5.02 Å². The van der Waals surface area contributed by atoms with Crippen LogP contribution in [0.15, 0.2) is 18.2 Å². The second kappa shape index (κ2) is 4.42. The first-order valence-electron chi connectivity index (χ1n) is 5.03. The molecule has 3 heteroatoms. The molecular weight excluding hydrogens is 210 g/mol. The lowest BCUT2D eigenvalue weighted by Crippen LogP contribution is -2.23. The molecule has 0 spiro atoms. The number of benzene rings is 1. The molecule has 1 aromatic carbocycles. The summed E-state index contributed by atoms with van der Waals surface area (Å²) in [5.74, 6) is 0.702. The molecule has 0 saturated heterocycles. The van der Waals surface area contributed by atoms with E-state index in [4.69, 9.17) is 22.1 Å². The van der Waals surface area contributed by atoms with Crippen LogP contribution in [0.2, 0.25) is 5.02 Å². The summed E-state index contributed by atoms with van der Waals surface area (Å²) in [7, 11) is 0. The van der Waals surface area contributed by atoms with Gasteiger partial charge >= 0.3 is 0 Å². The first-order valence-corrected chi connectivity index (χ1v) is 5.41. The molecule has 2 N–H and O–H groups in total. The average molecular weight is 228 g/mol. The lowest BCUT2D eigenvalue weighted by atomic mass is 10.1. The second-order valence-corrected chi connectivity index (χ2v) is 5.10. The first kappa shape index (κ1) is 12.3. The van der Waals surface area contributed by atoms with E-state index in [1.54, 1.807) is 0 Å². The van der Waals surface area contributed by atoms with E-state index in [9.17, 15) is 0 Å². The van der Waals surface area contributed by atoms with Crippen molar-refractivity contribution in [3.05, 3.63) is 28.8 Å². The first-order chi connectivity index (χ1) is 6.79. The highest BCUT2D eigenvalue weighted by molar-refractivity contribution is 6.32. The fourth-order valence-corrected chi connectivity index (χ4v) is 1.44. The summed E-state index contributed by atoms with van der Waals surface area (Å²) in [5.41, 5.74) is 6.54. The summed E-state index contributed by atoms with van der Waals surface area (Å²) in [6.45, 7) is 7.89. The van der Waals surface area contributed by atoms with Crippen LogP contribution >= 0.6 is 11.6 Å². The van der Waals surface area contributed by atoms with Crippen LogP contribution in [-0.4, -0.2) is 5.60 Å². The molecule has 0 aromatic heterocycles. The van der Waals surface area contributed by atoms with Gasteiger partial charge in [-0.15, -0.1) is 0 Å². The average Bonchev–Trinajstić information content (AvgIpc) is 2.05. The lowest BCUT2D eigenvalue weighted by molar-refractivity contribution is 0.131. The van der Waals surface area contributed by atoms with E-state index in [0.717, 1.165) is 5.56 Å². The molecule has 0 unspecified atom stereocenters. The number of rotatable bonds is 2. The van der Waals surface area contributed by atoms with Gasteiger partial charge in [-0.1, -0.05) is 17.7 Å². The van der Waals surface area contributed by atoms with Gasteiger partial charge in [0, 0.05) is 6.04 Å². The molecule has 1 rings (SSSR count). The van der Waals surface area contributed by atoms with Crippen molar-refractivity contribution < 1.29 is 4.74 Å². The highest BCUT2D eigenvalue weighted by Gasteiger charge is 2.14. The van der Waals surface area contributed by atoms with Crippen LogP contribution in [0.5, 0.6) is 5.75 Å². The number of ether oxygens (including phenoxy) is 1. The molecule has 0 aliphatic carbocycles. The SMILES string of the molecule is C[C@@H](N)c1ccc(OC(C)(C)C)c(Cl)c1. The molecule has 1 aromatic rings. The van der Waals surface area contributed by atoms with Gasteiger partial charge in [-0.05, 0) is 45.4 Å². The van der Waals surface area contributed by atoms with Gasteiger partial charge in [0.2, 0.25) is 0 Å². The Kier molecular flexibility index (Phi) is 3.63. The Morgan fingerprint density at radius 2 is 1.93 bits per heavy atom. The van der Waals surface area contributed by atoms with Crippen LogP contribution in [0.1, 0.15) is 39.3 Å². The Morgan fingerprint density at radius 3 is 2.33 bits per heavy atom. The Hall–Kier alpha value is -0.730. The van der Waals surface area contributed by atoms with Crippen LogP contribution in [-0.2, 0) is 0 Å². The van der Waals surface area contributed by atoms with Crippen molar-refractivity contribution in [1.82, 2.24) is 0 Å². The second-order valence-electron chi connectivity index (χ2n) is 4.69. The standard InChI is InChI=1S/C12H18ClNO/c1-8(14)9-5-6-11(10(13)7-9)15-12(2,3)4/h5-8H,14H2,1-4H3/t8-/m1/s1.